The van der Waals surface area contributed by atoms with Crippen LogP contribution in [0.1, 0.15) is 36.6 Å². The number of alkyl halides is 3. The van der Waals surface area contributed by atoms with E-state index >= 15 is 0 Å². The van der Waals surface area contributed by atoms with Crippen molar-refractivity contribution < 1.29 is 37.3 Å². The molecule has 1 saturated heterocycles. The van der Waals surface area contributed by atoms with Crippen LogP contribution in [-0.2, 0) is 29.1 Å². The van der Waals surface area contributed by atoms with E-state index < -0.39 is 24.8 Å². The lowest BCUT2D eigenvalue weighted by Crippen LogP contribution is -2.45. The summed E-state index contributed by atoms with van der Waals surface area (Å²) in [5, 5.41) is 17.9. The minimum absolute atomic E-state index is 0.133. The molecule has 0 saturated carbocycles. The highest BCUT2D eigenvalue weighted by atomic mass is 35.5. The van der Waals surface area contributed by atoms with Crippen LogP contribution in [0.2, 0.25) is 0 Å². The maximum Gasteiger partial charge on any atom is 0.408 e. The van der Waals surface area contributed by atoms with E-state index in [-0.39, 0.29) is 24.6 Å². The largest absolute Gasteiger partial charge is 0.495 e. The molecule has 0 unspecified atom stereocenters. The van der Waals surface area contributed by atoms with Crippen molar-refractivity contribution >= 4 is 76.3 Å². The monoisotopic (exact) mass is 928 g/mol. The number of piperazine rings is 1. The van der Waals surface area contributed by atoms with E-state index in [1.54, 1.807) is 41.8 Å². The highest BCUT2D eigenvalue weighted by molar-refractivity contribution is 7.26. The van der Waals surface area contributed by atoms with Crippen LogP contribution in [0.5, 0.6) is 11.6 Å². The predicted molar refractivity (Wildman–Crippen MR) is 245 cm³/mol. The van der Waals surface area contributed by atoms with E-state index in [0.29, 0.717) is 51.6 Å². The van der Waals surface area contributed by atoms with Gasteiger partial charge in [-0.15, -0.1) is 11.3 Å². The zero-order valence-corrected chi connectivity index (χ0v) is 37.4. The van der Waals surface area contributed by atoms with E-state index in [1.165, 1.54) is 12.3 Å². The van der Waals surface area contributed by atoms with Crippen molar-refractivity contribution in [3.63, 3.8) is 0 Å². The van der Waals surface area contributed by atoms with Crippen LogP contribution in [0.25, 0.3) is 47.1 Å². The summed E-state index contributed by atoms with van der Waals surface area (Å²) in [6, 6.07) is 22.7. The Kier molecular flexibility index (Phi) is 12.7. The fraction of sp³-hybridized carbons (Fsp3) is 0.319. The first-order valence-corrected chi connectivity index (χ1v) is 22.9. The number of para-hydroxylation sites is 1. The molecule has 2 aliphatic rings. The van der Waals surface area contributed by atoms with Crippen molar-refractivity contribution in [3.05, 3.63) is 118 Å². The molecule has 5 heterocycles. The second-order valence-electron chi connectivity index (χ2n) is 16.0. The first-order valence-electron chi connectivity index (χ1n) is 20.9. The number of pyridine rings is 1. The van der Waals surface area contributed by atoms with E-state index in [4.69, 9.17) is 35.2 Å². The molecule has 4 aromatic heterocycles. The smallest absolute Gasteiger partial charge is 0.408 e. The number of carboxylic acid groups (broad SMARTS) is 1. The molecule has 1 aliphatic carbocycles. The van der Waals surface area contributed by atoms with Crippen LogP contribution in [0.15, 0.2) is 102 Å². The number of hydrogen-bond acceptors (Lipinski definition) is 11. The van der Waals surface area contributed by atoms with Crippen molar-refractivity contribution in [2.75, 3.05) is 46.4 Å². The number of aliphatic carboxylic acids is 1. The summed E-state index contributed by atoms with van der Waals surface area (Å²) in [4.78, 5) is 22.9. The lowest BCUT2D eigenvalue weighted by molar-refractivity contribution is -0.145. The lowest BCUT2D eigenvalue weighted by atomic mass is 9.87. The number of ether oxygens (including phenoxy) is 3. The molecule has 1 fully saturated rings. The van der Waals surface area contributed by atoms with Crippen molar-refractivity contribution in [2.45, 2.75) is 51.6 Å². The van der Waals surface area contributed by atoms with Gasteiger partial charge in [-0.25, -0.2) is 4.79 Å². The normalized spacial score (nSPS) is 16.0. The minimum Gasteiger partial charge on any atom is -0.495 e. The molecule has 11 nitrogen and oxygen atoms in total. The molecule has 0 spiro atoms. The molecule has 1 aliphatic heterocycles. The third-order valence-electron chi connectivity index (χ3n) is 11.8. The van der Waals surface area contributed by atoms with Crippen molar-refractivity contribution in [3.8, 4) is 22.9 Å². The molecule has 7 aromatic rings. The Hall–Kier alpha value is -5.52. The van der Waals surface area contributed by atoms with Crippen LogP contribution in [0.4, 0.5) is 13.2 Å². The summed E-state index contributed by atoms with van der Waals surface area (Å²) >= 11 is 10.1. The zero-order valence-electron chi connectivity index (χ0n) is 35.0. The fourth-order valence-electron chi connectivity index (χ4n) is 8.39. The van der Waals surface area contributed by atoms with Gasteiger partial charge in [0.2, 0.25) is 12.0 Å². The van der Waals surface area contributed by atoms with Crippen LogP contribution in [-0.4, -0.2) is 98.7 Å². The highest BCUT2D eigenvalue weighted by Crippen LogP contribution is 2.49. The number of benzene rings is 3. The molecular weight excluding hydrogens is 885 g/mol. The van der Waals surface area contributed by atoms with Crippen molar-refractivity contribution in [1.82, 2.24) is 28.9 Å². The molecule has 9 rings (SSSR count). The number of aromatic nitrogens is 4. The number of hydrogen-bond donors (Lipinski definition) is 1. The zero-order chi connectivity index (χ0) is 44.5. The van der Waals surface area contributed by atoms with E-state index in [1.807, 2.05) is 25.1 Å². The van der Waals surface area contributed by atoms with Gasteiger partial charge in [0.25, 0.3) is 0 Å². The van der Waals surface area contributed by atoms with Crippen LogP contribution < -0.4 is 9.47 Å². The Morgan fingerprint density at radius 1 is 0.953 bits per heavy atom. The van der Waals surface area contributed by atoms with Gasteiger partial charge in [0, 0.05) is 89.3 Å². The van der Waals surface area contributed by atoms with Gasteiger partial charge in [0.15, 0.2) is 0 Å². The summed E-state index contributed by atoms with van der Waals surface area (Å²) < 4.78 is 66.9. The third kappa shape index (κ3) is 9.20. The van der Waals surface area contributed by atoms with Gasteiger partial charge in [0.05, 0.1) is 26.5 Å². The first kappa shape index (κ1) is 43.7. The van der Waals surface area contributed by atoms with Gasteiger partial charge in [-0.05, 0) is 66.8 Å². The molecule has 332 valence electrons. The number of rotatable bonds is 15. The molecular formula is C47H44ClF3N6O5S2. The molecule has 1 atom stereocenters. The molecule has 1 N–H and O–H groups in total. The SMILES string of the molecule is CC1=C(c2c(-c3cccc4c3sc3ccccc34)ncc3snc(O[C@H](Cc4ccccc4OCc4ccnn4CC(F)(F)F)C(=O)O)c23)CCC(OCCN2CCN(C)CC2)=C1Cl. The molecule has 0 amide bonds. The Labute approximate surface area is 380 Å². The van der Waals surface area contributed by atoms with Crippen LogP contribution in [0.3, 0.4) is 0 Å². The number of halogens is 4. The fourth-order valence-corrected chi connectivity index (χ4v) is 10.6. The van der Waals surface area contributed by atoms with Crippen molar-refractivity contribution in [2.24, 2.45) is 0 Å². The Bertz CT molecular complexity index is 2920. The van der Waals surface area contributed by atoms with E-state index in [9.17, 15) is 23.1 Å². The van der Waals surface area contributed by atoms with Gasteiger partial charge < -0.3 is 24.2 Å². The Balaban J connectivity index is 1.08. The second kappa shape index (κ2) is 18.5. The molecule has 0 radical (unpaired) electrons. The minimum atomic E-state index is -4.47. The average molecular weight is 929 g/mol. The topological polar surface area (TPSA) is 115 Å². The molecule has 0 bridgehead atoms. The van der Waals surface area contributed by atoms with E-state index in [0.717, 1.165) is 97.1 Å². The lowest BCUT2D eigenvalue weighted by Gasteiger charge is -2.32. The summed E-state index contributed by atoms with van der Waals surface area (Å²) in [5.41, 5.74) is 4.84. The van der Waals surface area contributed by atoms with Gasteiger partial charge in [-0.1, -0.05) is 66.2 Å². The van der Waals surface area contributed by atoms with Crippen molar-refractivity contribution in [1.29, 1.82) is 0 Å². The van der Waals surface area contributed by atoms with Gasteiger partial charge >= 0.3 is 12.1 Å². The first-order chi connectivity index (χ1) is 30.9. The third-order valence-corrected chi connectivity index (χ3v) is 14.2. The quantitative estimate of drug-likeness (QED) is 0.107. The predicted octanol–water partition coefficient (Wildman–Crippen LogP) is 10.4. The molecule has 3 aromatic carbocycles. The van der Waals surface area contributed by atoms with Crippen LogP contribution >= 0.6 is 34.5 Å². The summed E-state index contributed by atoms with van der Waals surface area (Å²) in [6.45, 7) is 5.86. The summed E-state index contributed by atoms with van der Waals surface area (Å²) in [5.74, 6) is -0.0576. The number of carbonyl (C=O) groups is 1. The highest BCUT2D eigenvalue weighted by Gasteiger charge is 2.32. The Morgan fingerprint density at radius 3 is 2.55 bits per heavy atom. The number of allylic oxidation sites excluding steroid dienone is 4. The van der Waals surface area contributed by atoms with E-state index in [2.05, 4.69) is 46.2 Å². The summed E-state index contributed by atoms with van der Waals surface area (Å²) in [6.07, 6.45) is -1.86. The number of thiophene rings is 1. The number of carboxylic acids is 1. The summed E-state index contributed by atoms with van der Waals surface area (Å²) in [7, 11) is 2.14. The molecule has 64 heavy (non-hydrogen) atoms. The standard InChI is InChI=1S/C47H44ClF3N6O5S2/c1-28-31(14-15-36(42(28)48)60-23-22-56-20-18-55(2)19-21-56)40-41-39(25-52-43(40)34-11-7-10-33-32-9-4-6-13-38(32)63-44(33)34)64-54-45(41)62-37(46(58)59)24-29-8-3-5-12-35(29)61-26-30-16-17-53-57(30)27-47(49,50)51/h3-13,16-17,25,37H,14-15,18-24,26-27H2,1-2H3,(H,58,59)/t37-/m1/s1. The van der Waals surface area contributed by atoms with Gasteiger partial charge in [0.1, 0.15) is 31.3 Å². The molecule has 17 heteroatoms. The van der Waals surface area contributed by atoms with Gasteiger partial charge in [-0.3, -0.25) is 14.6 Å². The number of fused-ring (bicyclic) bond motifs is 4. The van der Waals surface area contributed by atoms with Crippen LogP contribution in [0, 0.1) is 0 Å². The number of nitrogens with zero attached hydrogens (tertiary/aromatic N) is 6. The maximum absolute atomic E-state index is 13.2. The number of likely N-dealkylation sites (N-methyl/N-ethyl adjacent to an activating group) is 1. The average Bonchev–Trinajstić information content (AvgIpc) is 4.01. The van der Waals surface area contributed by atoms with Gasteiger partial charge in [-0.2, -0.15) is 22.6 Å². The Morgan fingerprint density at radius 2 is 1.73 bits per heavy atom. The maximum atomic E-state index is 13.2. The second-order valence-corrected chi connectivity index (χ2v) is 18.2.